The zero-order valence-electron chi connectivity index (χ0n) is 72.0. The van der Waals surface area contributed by atoms with Crippen LogP contribution in [0.3, 0.4) is 0 Å². The Labute approximate surface area is 733 Å². The third-order valence-electron chi connectivity index (χ3n) is 23.1. The van der Waals surface area contributed by atoms with Gasteiger partial charge in [0.1, 0.15) is 60.5 Å². The summed E-state index contributed by atoms with van der Waals surface area (Å²) in [6, 6.07) is 18.7. The van der Waals surface area contributed by atoms with Crippen LogP contribution in [0.2, 0.25) is 0 Å². The van der Waals surface area contributed by atoms with Gasteiger partial charge >= 0.3 is 5.97 Å². The number of aliphatic carboxylic acids is 1. The molecular formula is C89H124N13O23S+. The summed E-state index contributed by atoms with van der Waals surface area (Å²) in [5.41, 5.74) is 11.3. The lowest BCUT2D eigenvalue weighted by atomic mass is 9.80. The number of ether oxygens (including phenoxy) is 1. The molecule has 8 amide bonds. The van der Waals surface area contributed by atoms with Crippen molar-refractivity contribution in [3.8, 4) is 5.75 Å². The van der Waals surface area contributed by atoms with Gasteiger partial charge in [-0.15, -0.1) is 0 Å². The third-order valence-corrected chi connectivity index (χ3v) is 24.0. The maximum atomic E-state index is 14.4. The van der Waals surface area contributed by atoms with E-state index in [0.29, 0.717) is 69.4 Å². The molecule has 12 atom stereocenters. The molecule has 1 aliphatic carbocycles. The van der Waals surface area contributed by atoms with E-state index >= 15 is 0 Å². The average Bonchev–Trinajstić information content (AvgIpc) is 1.59. The van der Waals surface area contributed by atoms with Crippen molar-refractivity contribution in [2.75, 3.05) is 63.9 Å². The fourth-order valence-corrected chi connectivity index (χ4v) is 16.2. The molecule has 0 radical (unpaired) electrons. The van der Waals surface area contributed by atoms with Crippen LogP contribution in [0.15, 0.2) is 143 Å². The van der Waals surface area contributed by atoms with Crippen molar-refractivity contribution in [1.29, 1.82) is 5.41 Å². The number of nitrogens with zero attached hydrogens (tertiary/aromatic N) is 2. The highest BCUT2D eigenvalue weighted by Gasteiger charge is 2.46. The van der Waals surface area contributed by atoms with E-state index in [0.717, 1.165) is 64.3 Å². The van der Waals surface area contributed by atoms with Gasteiger partial charge in [-0.05, 0) is 173 Å². The van der Waals surface area contributed by atoms with E-state index in [1.54, 1.807) is 54.6 Å². The standard InChI is InChI=1S/C89H123N13O23S/c1-7-8-16-41-101-66-35-27-57(82(117)95-48-69(106)78(114)79(115)71(108)51-104)45-60(66)88(3,4)72(101)37-29-54-22-18-23-55(80(54)125-58-31-33-59(34-32-58)126(122,123)124)30-38-73-89(5,6)61-44-56(81(116)94-47-68(105)77(113)52(2)70(107)50-103)28-36-67(61)102(73)42-17-10-13-26-74(109)92-39-15-14-24-63-84(119)98-62(25-19-40-93-87(90)91)83(118)96-49-75(110)97-65(46-76(111)112)86(121)100-64(85(120)99-63)43-53-20-11-9-12-21-53/h9,11-12,20-21,27-38,44-45,52,62-65,68-71,77-79,103-108,113-115H,7-8,10,13-19,22-26,39-43,46-51H2,1-6H3,(H13-,90,91,92,93,94,95,96,97,98,99,100,109,110,111,112,116,117,118,119,120,121,122,123,124)/p+1/t52?,62-,63?,64+,65-,68?,69?,70?,71?,77?,78?,79?/m0/s1. The molecule has 3 aliphatic heterocycles. The number of unbranched alkanes of at least 4 members (excludes halogenated alkanes) is 5. The molecule has 126 heavy (non-hydrogen) atoms. The molecule has 8 rings (SSSR count). The van der Waals surface area contributed by atoms with Crippen molar-refractivity contribution in [3.63, 3.8) is 0 Å². The molecule has 0 bridgehead atoms. The molecule has 4 aromatic rings. The number of anilines is 1. The summed E-state index contributed by atoms with van der Waals surface area (Å²) in [5, 5.41) is 133. The molecule has 36 nitrogen and oxygen atoms in total. The topological polar surface area (TPSA) is 584 Å². The molecule has 23 N–H and O–H groups in total. The Balaban J connectivity index is 1.04. The van der Waals surface area contributed by atoms with E-state index in [2.05, 4.69) is 64.3 Å². The SMILES string of the molecule is CCCCC[N+]1=C(/C=C/C2=C(Oc3ccc(S(=O)(=O)O)cc3)C(=C/C=C3/N(CCCCCC(=O)NCCCCC4NC(=O)[C@@H](Cc5ccccc5)NC(=O)[C@H](CC(=O)O)NC(=O)CNC(=O)[C@H](CCCNC(=N)N)NC4=O)c4ccc(C(=O)NCC(O)C(O)C(C)C(O)CO)cc4C3(C)C)/CCC2)C(C)(C)c2cc(C(=O)NCC(O)C(O)C(O)C(O)CO)ccc21. The van der Waals surface area contributed by atoms with Crippen LogP contribution in [0.25, 0.3) is 0 Å². The molecule has 37 heteroatoms. The molecule has 4 aliphatic rings. The second-order valence-electron chi connectivity index (χ2n) is 33.3. The van der Waals surface area contributed by atoms with Crippen molar-refractivity contribution in [1.82, 2.24) is 47.9 Å². The number of carboxylic acids is 1. The number of nitrogens with two attached hydrogens (primary N) is 1. The summed E-state index contributed by atoms with van der Waals surface area (Å²) in [5.74, 6) is -7.82. The number of benzene rings is 4. The maximum absolute atomic E-state index is 14.4. The van der Waals surface area contributed by atoms with Crippen molar-refractivity contribution >= 4 is 86.4 Å². The summed E-state index contributed by atoms with van der Waals surface area (Å²) >= 11 is 0. The zero-order valence-corrected chi connectivity index (χ0v) is 72.8. The largest absolute Gasteiger partial charge is 0.481 e. The molecule has 0 aromatic heterocycles. The first kappa shape index (κ1) is 101. The van der Waals surface area contributed by atoms with Gasteiger partial charge in [-0.1, -0.05) is 76.9 Å². The molecular weight excluding hydrogens is 1650 g/mol. The number of carbonyl (C=O) groups excluding carboxylic acids is 8. The van der Waals surface area contributed by atoms with Crippen LogP contribution in [-0.4, -0.2) is 259 Å². The van der Waals surface area contributed by atoms with Gasteiger partial charge in [0.15, 0.2) is 11.7 Å². The van der Waals surface area contributed by atoms with Gasteiger partial charge < -0.3 is 114 Å². The highest BCUT2D eigenvalue weighted by Crippen LogP contribution is 2.49. The molecule has 3 heterocycles. The number of carbonyl (C=O) groups is 9. The van der Waals surface area contributed by atoms with Gasteiger partial charge in [0.2, 0.25) is 41.1 Å². The Hall–Kier alpha value is -10.8. The predicted molar refractivity (Wildman–Crippen MR) is 466 cm³/mol. The Bertz CT molecular complexity index is 4790. The van der Waals surface area contributed by atoms with Gasteiger partial charge in [0.25, 0.3) is 21.9 Å². The summed E-state index contributed by atoms with van der Waals surface area (Å²) in [6.45, 7) is 9.80. The van der Waals surface area contributed by atoms with Gasteiger partial charge in [-0.2, -0.15) is 13.0 Å². The molecule has 1 fully saturated rings. The Morgan fingerprint density at radius 1 is 0.643 bits per heavy atom. The normalized spacial score (nSPS) is 20.6. The van der Waals surface area contributed by atoms with Gasteiger partial charge in [-0.3, -0.25) is 53.1 Å². The van der Waals surface area contributed by atoms with Gasteiger partial charge in [-0.25, -0.2) is 0 Å². The van der Waals surface area contributed by atoms with Crippen molar-refractivity contribution in [2.24, 2.45) is 11.7 Å². The number of fused-ring (bicyclic) bond motifs is 2. The van der Waals surface area contributed by atoms with E-state index in [1.165, 1.54) is 31.2 Å². The molecule has 4 aromatic carbocycles. The number of aliphatic hydroxyl groups excluding tert-OH is 9. The third kappa shape index (κ3) is 27.8. The van der Waals surface area contributed by atoms with Crippen molar-refractivity contribution < 1.29 is 116 Å². The predicted octanol–water partition coefficient (Wildman–Crippen LogP) is 1.68. The van der Waals surface area contributed by atoms with Crippen LogP contribution in [0.4, 0.5) is 11.4 Å². The quantitative estimate of drug-likeness (QED) is 0.00985. The minimum atomic E-state index is -4.60. The maximum Gasteiger partial charge on any atom is 0.305 e. The van der Waals surface area contributed by atoms with E-state index in [9.17, 15) is 107 Å². The van der Waals surface area contributed by atoms with Crippen LogP contribution >= 0.6 is 0 Å². The van der Waals surface area contributed by atoms with E-state index < -0.39 is 180 Å². The highest BCUT2D eigenvalue weighted by atomic mass is 32.2. The Morgan fingerprint density at radius 2 is 1.25 bits per heavy atom. The van der Waals surface area contributed by atoms with Crippen molar-refractivity contribution in [2.45, 2.75) is 233 Å². The fraction of sp³-hybridized carbons (Fsp3) is 0.517. The van der Waals surface area contributed by atoms with Gasteiger partial charge in [0, 0.05) is 104 Å². The lowest BCUT2D eigenvalue weighted by molar-refractivity contribution is -0.438. The molecule has 688 valence electrons. The van der Waals surface area contributed by atoms with Crippen LogP contribution in [0.1, 0.15) is 182 Å². The summed E-state index contributed by atoms with van der Waals surface area (Å²) in [4.78, 5) is 125. The number of hydrogen-bond acceptors (Lipinski definition) is 23. The van der Waals surface area contributed by atoms with E-state index in [-0.39, 0.29) is 85.3 Å². The Morgan fingerprint density at radius 3 is 1.89 bits per heavy atom. The number of nitrogens with one attached hydrogen (secondary N) is 10. The monoisotopic (exact) mass is 1770 g/mol. The molecule has 0 spiro atoms. The number of guanidine groups is 1. The number of aliphatic hydroxyl groups is 9. The van der Waals surface area contributed by atoms with Crippen LogP contribution in [0.5, 0.6) is 5.75 Å². The number of allylic oxidation sites excluding steroid dienone is 7. The number of amides is 8. The minimum Gasteiger partial charge on any atom is -0.481 e. The molecule has 9 unspecified atom stereocenters. The first-order valence-corrected chi connectivity index (χ1v) is 44.2. The zero-order chi connectivity index (χ0) is 92.3. The number of rotatable bonds is 43. The first-order valence-electron chi connectivity index (χ1n) is 42.7. The number of carboxylic acid groups (broad SMARTS) is 1. The molecule has 1 saturated heterocycles. The average molecular weight is 1780 g/mol. The second kappa shape index (κ2) is 47.1. The fourth-order valence-electron chi connectivity index (χ4n) is 15.7. The van der Waals surface area contributed by atoms with Crippen LogP contribution < -0.4 is 63.2 Å². The minimum absolute atomic E-state index is 0.0285. The summed E-state index contributed by atoms with van der Waals surface area (Å²) in [7, 11) is -4.60. The van der Waals surface area contributed by atoms with Crippen LogP contribution in [0, 0.1) is 11.3 Å². The van der Waals surface area contributed by atoms with Gasteiger partial charge in [0.05, 0.1) is 60.9 Å². The second-order valence-corrected chi connectivity index (χ2v) is 34.7. The summed E-state index contributed by atoms with van der Waals surface area (Å²) in [6.07, 6.45) is 2.13. The lowest BCUT2D eigenvalue weighted by Gasteiger charge is -2.27. The van der Waals surface area contributed by atoms with E-state index in [4.69, 9.17) is 15.9 Å². The lowest BCUT2D eigenvalue weighted by Crippen LogP contribution is -2.58. The number of hydrogen-bond donors (Lipinski definition) is 22. The van der Waals surface area contributed by atoms with E-state index in [1.807, 2.05) is 64.1 Å². The van der Waals surface area contributed by atoms with Crippen molar-refractivity contribution in [3.05, 3.63) is 166 Å². The highest BCUT2D eigenvalue weighted by molar-refractivity contribution is 7.85. The summed E-state index contributed by atoms with van der Waals surface area (Å²) < 4.78 is 43.7. The Kier molecular flexibility index (Phi) is 37.6. The van der Waals surface area contributed by atoms with Crippen LogP contribution in [-0.2, 0) is 60.9 Å². The molecule has 0 saturated carbocycles. The first-order chi connectivity index (χ1) is 59.8. The smallest absolute Gasteiger partial charge is 0.305 e.